The molecule has 0 saturated carbocycles. The van der Waals surface area contributed by atoms with Gasteiger partial charge in [0.15, 0.2) is 0 Å². The Morgan fingerprint density at radius 3 is 2.24 bits per heavy atom. The molecule has 0 aliphatic carbocycles. The van der Waals surface area contributed by atoms with Crippen molar-refractivity contribution < 1.29 is 28.4 Å². The fraction of sp³-hybridized carbons (Fsp3) is 0.227. The molecule has 9 nitrogen and oxygen atoms in total. The van der Waals surface area contributed by atoms with Gasteiger partial charge in [0.1, 0.15) is 11.6 Å². The monoisotopic (exact) mass is 459 g/mol. The van der Waals surface area contributed by atoms with Crippen molar-refractivity contribution in [1.29, 1.82) is 0 Å². The van der Waals surface area contributed by atoms with Crippen LogP contribution in [0.3, 0.4) is 0 Å². The number of hydrogen-bond donors (Lipinski definition) is 6. The molecule has 2 aromatic carbocycles. The summed E-state index contributed by atoms with van der Waals surface area (Å²) in [5.74, 6) is 3.56. The quantitative estimate of drug-likeness (QED) is 0.167. The van der Waals surface area contributed by atoms with Gasteiger partial charge in [-0.15, -0.1) is 0 Å². The van der Waals surface area contributed by atoms with Crippen molar-refractivity contribution >= 4 is 23.5 Å². The van der Waals surface area contributed by atoms with Crippen molar-refractivity contribution in [3.05, 3.63) is 65.2 Å². The Labute approximate surface area is 188 Å². The zero-order valence-corrected chi connectivity index (χ0v) is 17.8. The molecule has 7 N–H and O–H groups in total. The number of hydroxylamine groups is 1. The summed E-state index contributed by atoms with van der Waals surface area (Å²) in [4.78, 5) is 36.4. The number of para-hydroxylation sites is 1. The van der Waals surface area contributed by atoms with Gasteiger partial charge in [0, 0.05) is 29.4 Å². The number of benzene rings is 2. The molecule has 0 heterocycles. The molecule has 0 aliphatic heterocycles. The predicted octanol–water partition coefficient (Wildman–Crippen LogP) is 1.23. The van der Waals surface area contributed by atoms with Gasteiger partial charge >= 0.3 is 6.03 Å². The first-order valence-corrected chi connectivity index (χ1v) is 9.61. The summed E-state index contributed by atoms with van der Waals surface area (Å²) in [7, 11) is 1.19. The number of nitrogens with two attached hydrogens (primary N) is 1. The molecule has 174 valence electrons. The molecule has 2 atom stereocenters. The highest BCUT2D eigenvalue weighted by molar-refractivity contribution is 5.98. The number of alkyl halides is 2. The van der Waals surface area contributed by atoms with Crippen molar-refractivity contribution in [2.45, 2.75) is 24.9 Å². The number of nitrogens with one attached hydrogen (secondary N) is 4. The van der Waals surface area contributed by atoms with Crippen LogP contribution in [0.5, 0.6) is 0 Å². The van der Waals surface area contributed by atoms with Gasteiger partial charge < -0.3 is 21.7 Å². The molecular formula is C22H23F2N5O4. The zero-order valence-electron chi connectivity index (χ0n) is 17.8. The van der Waals surface area contributed by atoms with Crippen molar-refractivity contribution in [3.63, 3.8) is 0 Å². The molecule has 4 amide bonds. The lowest BCUT2D eigenvalue weighted by atomic mass is 9.91. The number of halogens is 2. The SMILES string of the molecule is CNC(=O)NC(C)(C(F)F)[C@H](NC(=O)c1ccc(C#Cc2ccccc2N)cc1)C(=O)NO. The van der Waals surface area contributed by atoms with E-state index in [1.165, 1.54) is 36.8 Å². The standard InChI is InChI=1S/C22H23F2N5O4/c1-22(20(23)24,28-21(32)26-2)17(19(31)29-33)27-18(30)15-11-8-13(9-12-15)7-10-14-5-3-4-6-16(14)25/h3-6,8-9,11-12,17,20,33H,25H2,1-2H3,(H,27,30)(H,29,31)(H2,26,28,32)/t17-,22?/m1/s1. The highest BCUT2D eigenvalue weighted by atomic mass is 19.3. The van der Waals surface area contributed by atoms with Crippen LogP contribution in [0.2, 0.25) is 0 Å². The number of urea groups is 1. The molecule has 33 heavy (non-hydrogen) atoms. The van der Waals surface area contributed by atoms with Crippen LogP contribution in [0.15, 0.2) is 48.5 Å². The summed E-state index contributed by atoms with van der Waals surface area (Å²) in [6, 6.07) is 9.83. The molecule has 0 spiro atoms. The van der Waals surface area contributed by atoms with Crippen LogP contribution < -0.4 is 27.2 Å². The van der Waals surface area contributed by atoms with E-state index in [0.717, 1.165) is 6.92 Å². The lowest BCUT2D eigenvalue weighted by Crippen LogP contribution is -2.69. The average molecular weight is 459 g/mol. The number of carbonyl (C=O) groups excluding carboxylic acids is 3. The summed E-state index contributed by atoms with van der Waals surface area (Å²) in [6.07, 6.45) is -3.28. The van der Waals surface area contributed by atoms with E-state index >= 15 is 0 Å². The van der Waals surface area contributed by atoms with E-state index in [0.29, 0.717) is 16.8 Å². The number of carbonyl (C=O) groups is 3. The summed E-state index contributed by atoms with van der Waals surface area (Å²) in [5.41, 5.74) is 6.27. The molecule has 2 aromatic rings. The molecule has 0 aliphatic rings. The maximum absolute atomic E-state index is 13.8. The average Bonchev–Trinajstić information content (AvgIpc) is 2.81. The van der Waals surface area contributed by atoms with E-state index in [1.807, 2.05) is 5.32 Å². The van der Waals surface area contributed by atoms with Crippen LogP contribution in [0.25, 0.3) is 0 Å². The summed E-state index contributed by atoms with van der Waals surface area (Å²) < 4.78 is 27.6. The number of rotatable bonds is 6. The Hall–Kier alpha value is -4.17. The Balaban J connectivity index is 2.25. The van der Waals surface area contributed by atoms with Crippen LogP contribution in [-0.2, 0) is 4.79 Å². The fourth-order valence-corrected chi connectivity index (χ4v) is 2.78. The van der Waals surface area contributed by atoms with Gasteiger partial charge in [-0.25, -0.2) is 19.1 Å². The van der Waals surface area contributed by atoms with Crippen molar-refractivity contribution in [1.82, 2.24) is 21.4 Å². The predicted molar refractivity (Wildman–Crippen MR) is 116 cm³/mol. The topological polar surface area (TPSA) is 146 Å². The summed E-state index contributed by atoms with van der Waals surface area (Å²) in [6.45, 7) is 0.862. The molecule has 1 unspecified atom stereocenters. The highest BCUT2D eigenvalue weighted by Gasteiger charge is 2.48. The molecule has 2 rings (SSSR count). The lowest BCUT2D eigenvalue weighted by molar-refractivity contribution is -0.135. The van der Waals surface area contributed by atoms with E-state index in [2.05, 4.69) is 22.5 Å². The molecule has 0 radical (unpaired) electrons. The van der Waals surface area contributed by atoms with Gasteiger partial charge in [-0.05, 0) is 43.3 Å². The molecule has 0 bridgehead atoms. The van der Waals surface area contributed by atoms with Gasteiger partial charge in [-0.2, -0.15) is 0 Å². The second-order valence-electron chi connectivity index (χ2n) is 7.08. The van der Waals surface area contributed by atoms with Crippen LogP contribution in [0.1, 0.15) is 28.4 Å². The minimum atomic E-state index is -3.28. The molecule has 11 heteroatoms. The first kappa shape index (κ1) is 25.1. The van der Waals surface area contributed by atoms with Gasteiger partial charge in [0.25, 0.3) is 18.2 Å². The van der Waals surface area contributed by atoms with Crippen LogP contribution in [0.4, 0.5) is 19.3 Å². The van der Waals surface area contributed by atoms with Gasteiger partial charge in [0.2, 0.25) is 0 Å². The van der Waals surface area contributed by atoms with E-state index in [-0.39, 0.29) is 5.56 Å². The smallest absolute Gasteiger partial charge is 0.315 e. The third-order valence-electron chi connectivity index (χ3n) is 4.76. The maximum Gasteiger partial charge on any atom is 0.315 e. The van der Waals surface area contributed by atoms with E-state index in [4.69, 9.17) is 10.9 Å². The fourth-order valence-electron chi connectivity index (χ4n) is 2.78. The van der Waals surface area contributed by atoms with Gasteiger partial charge in [-0.1, -0.05) is 24.0 Å². The number of nitrogen functional groups attached to an aromatic ring is 1. The Morgan fingerprint density at radius 2 is 1.70 bits per heavy atom. The van der Waals surface area contributed by atoms with Crippen LogP contribution in [0, 0.1) is 11.8 Å². The zero-order chi connectivity index (χ0) is 24.6. The minimum absolute atomic E-state index is 0.0343. The third kappa shape index (κ3) is 6.18. The Morgan fingerprint density at radius 1 is 1.06 bits per heavy atom. The molecule has 0 fully saturated rings. The number of amides is 4. The molecule has 0 saturated heterocycles. The largest absolute Gasteiger partial charge is 0.398 e. The van der Waals surface area contributed by atoms with Crippen LogP contribution >= 0.6 is 0 Å². The second kappa shape index (κ2) is 10.9. The van der Waals surface area contributed by atoms with Crippen LogP contribution in [-0.4, -0.2) is 48.1 Å². The van der Waals surface area contributed by atoms with Gasteiger partial charge in [0.05, 0.1) is 0 Å². The third-order valence-corrected chi connectivity index (χ3v) is 4.76. The Bertz CT molecular complexity index is 1080. The lowest BCUT2D eigenvalue weighted by Gasteiger charge is -2.36. The minimum Gasteiger partial charge on any atom is -0.398 e. The van der Waals surface area contributed by atoms with Crippen molar-refractivity contribution in [2.75, 3.05) is 12.8 Å². The van der Waals surface area contributed by atoms with Gasteiger partial charge in [-0.3, -0.25) is 14.8 Å². The normalized spacial score (nSPS) is 13.0. The van der Waals surface area contributed by atoms with Crippen molar-refractivity contribution in [3.8, 4) is 11.8 Å². The molecular weight excluding hydrogens is 436 g/mol. The number of hydrogen-bond acceptors (Lipinski definition) is 5. The second-order valence-corrected chi connectivity index (χ2v) is 7.08. The summed E-state index contributed by atoms with van der Waals surface area (Å²) >= 11 is 0. The van der Waals surface area contributed by atoms with E-state index in [1.54, 1.807) is 24.3 Å². The van der Waals surface area contributed by atoms with Crippen molar-refractivity contribution in [2.24, 2.45) is 0 Å². The maximum atomic E-state index is 13.8. The van der Waals surface area contributed by atoms with E-state index in [9.17, 15) is 23.2 Å². The highest BCUT2D eigenvalue weighted by Crippen LogP contribution is 2.21. The number of anilines is 1. The first-order valence-electron chi connectivity index (χ1n) is 9.61. The molecule has 0 aromatic heterocycles. The first-order chi connectivity index (χ1) is 15.6. The summed E-state index contributed by atoms with van der Waals surface area (Å²) in [5, 5.41) is 15.2. The van der Waals surface area contributed by atoms with E-state index < -0.39 is 35.9 Å². The Kier molecular flexibility index (Phi) is 8.30.